The summed E-state index contributed by atoms with van der Waals surface area (Å²) < 4.78 is 0.951. The van der Waals surface area contributed by atoms with Gasteiger partial charge in [0.1, 0.15) is 6.04 Å². The molecule has 0 bridgehead atoms. The van der Waals surface area contributed by atoms with E-state index in [1.807, 2.05) is 61.5 Å². The Morgan fingerprint density at radius 2 is 1.62 bits per heavy atom. The fourth-order valence-electron chi connectivity index (χ4n) is 3.90. The first-order valence-corrected chi connectivity index (χ1v) is 12.7. The highest BCUT2D eigenvalue weighted by atomic mass is 79.9. The lowest BCUT2D eigenvalue weighted by Crippen LogP contribution is -2.50. The van der Waals surface area contributed by atoms with Crippen LogP contribution < -0.4 is 5.32 Å². The molecule has 178 valence electrons. The molecule has 5 heteroatoms. The van der Waals surface area contributed by atoms with E-state index in [0.717, 1.165) is 27.6 Å². The van der Waals surface area contributed by atoms with E-state index in [0.29, 0.717) is 32.4 Å². The van der Waals surface area contributed by atoms with Crippen LogP contribution in [0.15, 0.2) is 83.3 Å². The van der Waals surface area contributed by atoms with Crippen molar-refractivity contribution in [2.75, 3.05) is 6.54 Å². The maximum Gasteiger partial charge on any atom is 0.243 e. The van der Waals surface area contributed by atoms with Gasteiger partial charge >= 0.3 is 0 Å². The molecule has 0 aromatic heterocycles. The summed E-state index contributed by atoms with van der Waals surface area (Å²) in [5.74, 6) is -0.127. The molecular weight excluding hydrogens is 488 g/mol. The van der Waals surface area contributed by atoms with Gasteiger partial charge in [-0.3, -0.25) is 9.59 Å². The van der Waals surface area contributed by atoms with E-state index in [2.05, 4.69) is 52.4 Å². The molecule has 0 fully saturated rings. The maximum absolute atomic E-state index is 13.6. The van der Waals surface area contributed by atoms with E-state index in [1.165, 1.54) is 5.56 Å². The first-order chi connectivity index (χ1) is 16.5. The molecule has 3 aromatic carbocycles. The van der Waals surface area contributed by atoms with Crippen molar-refractivity contribution in [3.63, 3.8) is 0 Å². The third-order valence-electron chi connectivity index (χ3n) is 5.81. The Bertz CT molecular complexity index is 1070. The van der Waals surface area contributed by atoms with Gasteiger partial charge in [-0.05, 0) is 48.6 Å². The number of nitrogens with zero attached hydrogens (tertiary/aromatic N) is 1. The topological polar surface area (TPSA) is 49.4 Å². The molecule has 3 rings (SSSR count). The van der Waals surface area contributed by atoms with Gasteiger partial charge in [0.15, 0.2) is 0 Å². The summed E-state index contributed by atoms with van der Waals surface area (Å²) in [6, 6.07) is 25.5. The Balaban J connectivity index is 1.88. The van der Waals surface area contributed by atoms with Crippen LogP contribution in [0.3, 0.4) is 0 Å². The van der Waals surface area contributed by atoms with Crippen molar-refractivity contribution in [1.82, 2.24) is 10.2 Å². The molecule has 0 aliphatic rings. The first-order valence-electron chi connectivity index (χ1n) is 11.9. The Morgan fingerprint density at radius 1 is 0.912 bits per heavy atom. The molecule has 0 spiro atoms. The van der Waals surface area contributed by atoms with Crippen molar-refractivity contribution >= 4 is 27.7 Å². The van der Waals surface area contributed by atoms with Gasteiger partial charge in [0.25, 0.3) is 0 Å². The van der Waals surface area contributed by atoms with Crippen LogP contribution in [0.5, 0.6) is 0 Å². The van der Waals surface area contributed by atoms with E-state index < -0.39 is 6.04 Å². The molecule has 0 radical (unpaired) electrons. The standard InChI is InChI=1S/C29H33BrN2O2/c1-3-18-31-29(34)27(20-24-8-5-4-6-9-24)32(21-25-10-7-11-26(30)19-25)28(33)17-16-23-14-12-22(2)13-15-23/h4-15,19,27H,3,16-18,20-21H2,1-2H3,(H,31,34)/t27-/m1/s1. The molecule has 34 heavy (non-hydrogen) atoms. The summed E-state index contributed by atoms with van der Waals surface area (Å²) in [6.45, 7) is 5.05. The summed E-state index contributed by atoms with van der Waals surface area (Å²) in [5.41, 5.74) is 4.34. The van der Waals surface area contributed by atoms with Crippen molar-refractivity contribution in [2.24, 2.45) is 0 Å². The van der Waals surface area contributed by atoms with Gasteiger partial charge in [0.2, 0.25) is 11.8 Å². The fourth-order valence-corrected chi connectivity index (χ4v) is 4.35. The summed E-state index contributed by atoms with van der Waals surface area (Å²) in [4.78, 5) is 28.7. The Kier molecular flexibility index (Phi) is 9.89. The summed E-state index contributed by atoms with van der Waals surface area (Å²) >= 11 is 3.53. The second-order valence-corrected chi connectivity index (χ2v) is 9.55. The number of carbonyl (C=O) groups excluding carboxylic acids is 2. The SMILES string of the molecule is CCCNC(=O)[C@@H](Cc1ccccc1)N(Cc1cccc(Br)c1)C(=O)CCc1ccc(C)cc1. The quantitative estimate of drug-likeness (QED) is 0.344. The number of rotatable bonds is 11. The van der Waals surface area contributed by atoms with E-state index in [4.69, 9.17) is 0 Å². The molecule has 0 saturated heterocycles. The minimum absolute atomic E-state index is 0.0202. The van der Waals surface area contributed by atoms with Crippen molar-refractivity contribution in [2.45, 2.75) is 52.1 Å². The average Bonchev–Trinajstić information content (AvgIpc) is 2.85. The number of hydrogen-bond donors (Lipinski definition) is 1. The number of nitrogens with one attached hydrogen (secondary N) is 1. The van der Waals surface area contributed by atoms with Crippen LogP contribution >= 0.6 is 15.9 Å². The normalized spacial score (nSPS) is 11.6. The van der Waals surface area contributed by atoms with Crippen molar-refractivity contribution in [1.29, 1.82) is 0 Å². The number of benzene rings is 3. The van der Waals surface area contributed by atoms with Gasteiger partial charge < -0.3 is 10.2 Å². The molecule has 0 saturated carbocycles. The number of halogens is 1. The van der Waals surface area contributed by atoms with E-state index in [1.54, 1.807) is 4.90 Å². The highest BCUT2D eigenvalue weighted by molar-refractivity contribution is 9.10. The highest BCUT2D eigenvalue weighted by Crippen LogP contribution is 2.19. The number of aryl methyl sites for hydroxylation is 2. The molecule has 1 N–H and O–H groups in total. The van der Waals surface area contributed by atoms with Crippen LogP contribution in [0.1, 0.15) is 42.0 Å². The van der Waals surface area contributed by atoms with Gasteiger partial charge in [0.05, 0.1) is 0 Å². The largest absolute Gasteiger partial charge is 0.354 e. The molecular formula is C29H33BrN2O2. The van der Waals surface area contributed by atoms with Crippen LogP contribution in [0.2, 0.25) is 0 Å². The van der Waals surface area contributed by atoms with Gasteiger partial charge in [0, 0.05) is 30.4 Å². The van der Waals surface area contributed by atoms with Crippen LogP contribution in [0.25, 0.3) is 0 Å². The molecule has 0 unspecified atom stereocenters. The van der Waals surface area contributed by atoms with Gasteiger partial charge in [-0.2, -0.15) is 0 Å². The van der Waals surface area contributed by atoms with Crippen LogP contribution in [0.4, 0.5) is 0 Å². The Labute approximate surface area is 211 Å². The lowest BCUT2D eigenvalue weighted by Gasteiger charge is -2.31. The predicted octanol–water partition coefficient (Wildman–Crippen LogP) is 5.86. The van der Waals surface area contributed by atoms with Crippen LogP contribution in [-0.2, 0) is 29.0 Å². The number of hydrogen-bond acceptors (Lipinski definition) is 2. The molecule has 4 nitrogen and oxygen atoms in total. The second kappa shape index (κ2) is 13.1. The third-order valence-corrected chi connectivity index (χ3v) is 6.30. The molecule has 0 heterocycles. The zero-order chi connectivity index (χ0) is 24.3. The molecule has 3 aromatic rings. The fraction of sp³-hybridized carbons (Fsp3) is 0.310. The van der Waals surface area contributed by atoms with Gasteiger partial charge in [-0.25, -0.2) is 0 Å². The highest BCUT2D eigenvalue weighted by Gasteiger charge is 2.30. The third kappa shape index (κ3) is 7.84. The molecule has 0 aliphatic heterocycles. The summed E-state index contributed by atoms with van der Waals surface area (Å²) in [5, 5.41) is 3.02. The minimum Gasteiger partial charge on any atom is -0.354 e. The number of carbonyl (C=O) groups is 2. The average molecular weight is 521 g/mol. The summed E-state index contributed by atoms with van der Waals surface area (Å²) in [7, 11) is 0. The van der Waals surface area contributed by atoms with Crippen molar-refractivity contribution in [3.8, 4) is 0 Å². The van der Waals surface area contributed by atoms with E-state index >= 15 is 0 Å². The smallest absolute Gasteiger partial charge is 0.243 e. The zero-order valence-electron chi connectivity index (χ0n) is 20.0. The Morgan fingerprint density at radius 3 is 2.29 bits per heavy atom. The van der Waals surface area contributed by atoms with Gasteiger partial charge in [-0.1, -0.05) is 95.1 Å². The Hall–Kier alpha value is -2.92. The molecule has 2 amide bonds. The predicted molar refractivity (Wildman–Crippen MR) is 141 cm³/mol. The lowest BCUT2D eigenvalue weighted by molar-refractivity contribution is -0.141. The maximum atomic E-state index is 13.6. The van der Waals surface area contributed by atoms with E-state index in [-0.39, 0.29) is 11.8 Å². The lowest BCUT2D eigenvalue weighted by atomic mass is 10.0. The van der Waals surface area contributed by atoms with Crippen molar-refractivity contribution < 1.29 is 9.59 Å². The monoisotopic (exact) mass is 520 g/mol. The van der Waals surface area contributed by atoms with Crippen molar-refractivity contribution in [3.05, 3.63) is 106 Å². The van der Waals surface area contributed by atoms with Crippen LogP contribution in [0, 0.1) is 6.92 Å². The first kappa shape index (κ1) is 25.7. The number of amides is 2. The molecule has 1 atom stereocenters. The second-order valence-electron chi connectivity index (χ2n) is 8.63. The molecule has 0 aliphatic carbocycles. The zero-order valence-corrected chi connectivity index (χ0v) is 21.6. The summed E-state index contributed by atoms with van der Waals surface area (Å²) in [6.07, 6.45) is 2.31. The minimum atomic E-state index is -0.585. The van der Waals surface area contributed by atoms with Gasteiger partial charge in [-0.15, -0.1) is 0 Å². The van der Waals surface area contributed by atoms with E-state index in [9.17, 15) is 9.59 Å². The van der Waals surface area contributed by atoms with Crippen LogP contribution in [-0.4, -0.2) is 29.3 Å².